The van der Waals surface area contributed by atoms with Crippen LogP contribution in [-0.2, 0) is 0 Å². The SMILES string of the molecule is C[C@H]1CCCCN1c1ncc(B(O)O)cn1. The first kappa shape index (κ1) is 11.4. The van der Waals surface area contributed by atoms with Crippen molar-refractivity contribution >= 4 is 18.5 Å². The summed E-state index contributed by atoms with van der Waals surface area (Å²) in [5.74, 6) is 0.677. The van der Waals surface area contributed by atoms with Crippen LogP contribution in [0.1, 0.15) is 26.2 Å². The molecule has 16 heavy (non-hydrogen) atoms. The minimum absolute atomic E-state index is 0.327. The molecule has 5 nitrogen and oxygen atoms in total. The van der Waals surface area contributed by atoms with E-state index < -0.39 is 7.12 Å². The van der Waals surface area contributed by atoms with Crippen LogP contribution in [-0.4, -0.2) is 39.7 Å². The van der Waals surface area contributed by atoms with Crippen molar-refractivity contribution in [2.75, 3.05) is 11.4 Å². The number of piperidine rings is 1. The van der Waals surface area contributed by atoms with Gasteiger partial charge in [-0.1, -0.05) is 0 Å². The van der Waals surface area contributed by atoms with E-state index in [0.29, 0.717) is 17.5 Å². The van der Waals surface area contributed by atoms with Gasteiger partial charge in [-0.3, -0.25) is 0 Å². The molecule has 0 unspecified atom stereocenters. The van der Waals surface area contributed by atoms with Crippen molar-refractivity contribution < 1.29 is 10.0 Å². The summed E-state index contributed by atoms with van der Waals surface area (Å²) in [5.41, 5.74) is 0.327. The third-order valence-corrected chi connectivity index (χ3v) is 3.02. The minimum Gasteiger partial charge on any atom is -0.423 e. The molecule has 86 valence electrons. The topological polar surface area (TPSA) is 69.5 Å². The van der Waals surface area contributed by atoms with E-state index in [1.165, 1.54) is 18.8 Å². The highest BCUT2D eigenvalue weighted by molar-refractivity contribution is 6.58. The monoisotopic (exact) mass is 221 g/mol. The fraction of sp³-hybridized carbons (Fsp3) is 0.600. The molecule has 1 aliphatic heterocycles. The Labute approximate surface area is 95.3 Å². The molecule has 2 heterocycles. The summed E-state index contributed by atoms with van der Waals surface area (Å²) in [7, 11) is -1.49. The van der Waals surface area contributed by atoms with Gasteiger partial charge in [0, 0.05) is 30.4 Å². The van der Waals surface area contributed by atoms with Gasteiger partial charge in [-0.2, -0.15) is 0 Å². The Morgan fingerprint density at radius 2 is 2.00 bits per heavy atom. The maximum Gasteiger partial charge on any atom is 0.491 e. The Bertz CT molecular complexity index is 344. The summed E-state index contributed by atoms with van der Waals surface area (Å²) in [6, 6.07) is 0.457. The average molecular weight is 221 g/mol. The van der Waals surface area contributed by atoms with Gasteiger partial charge in [0.05, 0.1) is 0 Å². The van der Waals surface area contributed by atoms with Crippen LogP contribution < -0.4 is 10.4 Å². The molecule has 1 aliphatic rings. The summed E-state index contributed by atoms with van der Waals surface area (Å²) in [6.07, 6.45) is 6.51. The molecule has 0 amide bonds. The van der Waals surface area contributed by atoms with E-state index in [2.05, 4.69) is 21.8 Å². The van der Waals surface area contributed by atoms with Crippen molar-refractivity contribution in [2.24, 2.45) is 0 Å². The summed E-state index contributed by atoms with van der Waals surface area (Å²) < 4.78 is 0. The van der Waals surface area contributed by atoms with Gasteiger partial charge < -0.3 is 14.9 Å². The highest BCUT2D eigenvalue weighted by Crippen LogP contribution is 2.20. The second kappa shape index (κ2) is 4.80. The predicted octanol–water partition coefficient (Wildman–Crippen LogP) is -0.465. The summed E-state index contributed by atoms with van der Waals surface area (Å²) >= 11 is 0. The molecule has 0 radical (unpaired) electrons. The first-order valence-corrected chi connectivity index (χ1v) is 5.63. The Kier molecular flexibility index (Phi) is 3.41. The molecule has 1 fully saturated rings. The van der Waals surface area contributed by atoms with E-state index >= 15 is 0 Å². The van der Waals surface area contributed by atoms with E-state index in [-0.39, 0.29) is 0 Å². The van der Waals surface area contributed by atoms with Crippen LogP contribution in [0.15, 0.2) is 12.4 Å². The molecule has 2 N–H and O–H groups in total. The van der Waals surface area contributed by atoms with Crippen LogP contribution in [0, 0.1) is 0 Å². The lowest BCUT2D eigenvalue weighted by Gasteiger charge is -2.33. The van der Waals surface area contributed by atoms with E-state index in [4.69, 9.17) is 10.0 Å². The molecule has 1 saturated heterocycles. The van der Waals surface area contributed by atoms with Crippen molar-refractivity contribution in [3.05, 3.63) is 12.4 Å². The van der Waals surface area contributed by atoms with Gasteiger partial charge in [0.25, 0.3) is 0 Å². The van der Waals surface area contributed by atoms with Crippen molar-refractivity contribution in [2.45, 2.75) is 32.2 Å². The molecule has 2 rings (SSSR count). The Balaban J connectivity index is 2.14. The highest BCUT2D eigenvalue weighted by Gasteiger charge is 2.21. The fourth-order valence-electron chi connectivity index (χ4n) is 2.01. The molecule has 1 aromatic rings. The van der Waals surface area contributed by atoms with Crippen molar-refractivity contribution in [1.29, 1.82) is 0 Å². The second-order valence-corrected chi connectivity index (χ2v) is 4.23. The molecular formula is C10H16BN3O2. The van der Waals surface area contributed by atoms with Crippen LogP contribution in [0.3, 0.4) is 0 Å². The summed E-state index contributed by atoms with van der Waals surface area (Å²) in [4.78, 5) is 10.5. The van der Waals surface area contributed by atoms with E-state index in [0.717, 1.165) is 19.4 Å². The number of nitrogens with zero attached hydrogens (tertiary/aromatic N) is 3. The fourth-order valence-corrected chi connectivity index (χ4v) is 2.01. The van der Waals surface area contributed by atoms with Crippen LogP contribution >= 0.6 is 0 Å². The third kappa shape index (κ3) is 2.33. The zero-order chi connectivity index (χ0) is 11.5. The van der Waals surface area contributed by atoms with E-state index in [1.807, 2.05) is 0 Å². The summed E-state index contributed by atoms with van der Waals surface area (Å²) in [6.45, 7) is 3.14. The van der Waals surface area contributed by atoms with Crippen LogP contribution in [0.4, 0.5) is 5.95 Å². The predicted molar refractivity (Wildman–Crippen MR) is 62.5 cm³/mol. The molecule has 1 atom stereocenters. The number of anilines is 1. The van der Waals surface area contributed by atoms with Gasteiger partial charge in [0.2, 0.25) is 5.95 Å². The normalized spacial score (nSPS) is 20.9. The zero-order valence-corrected chi connectivity index (χ0v) is 9.37. The molecule has 0 aliphatic carbocycles. The van der Waals surface area contributed by atoms with E-state index in [9.17, 15) is 0 Å². The average Bonchev–Trinajstić information content (AvgIpc) is 2.30. The maximum absolute atomic E-state index is 8.94. The molecule has 0 saturated carbocycles. The molecule has 0 spiro atoms. The Morgan fingerprint density at radius 3 is 2.56 bits per heavy atom. The molecule has 0 bridgehead atoms. The Morgan fingerprint density at radius 1 is 1.31 bits per heavy atom. The van der Waals surface area contributed by atoms with Crippen molar-refractivity contribution in [1.82, 2.24) is 9.97 Å². The van der Waals surface area contributed by atoms with Gasteiger partial charge in [-0.15, -0.1) is 0 Å². The molecule has 1 aromatic heterocycles. The quantitative estimate of drug-likeness (QED) is 0.661. The van der Waals surface area contributed by atoms with Gasteiger partial charge in [-0.05, 0) is 26.2 Å². The lowest BCUT2D eigenvalue weighted by molar-refractivity contribution is 0.425. The van der Waals surface area contributed by atoms with Crippen LogP contribution in [0.5, 0.6) is 0 Å². The molecule has 0 aromatic carbocycles. The standard InChI is InChI=1S/C10H16BN3O2/c1-8-4-2-3-5-14(8)10-12-6-9(7-13-10)11(15)16/h6-8,15-16H,2-5H2,1H3/t8-/m0/s1. The molecular weight excluding hydrogens is 205 g/mol. The lowest BCUT2D eigenvalue weighted by Crippen LogP contribution is -2.39. The van der Waals surface area contributed by atoms with Crippen LogP contribution in [0.2, 0.25) is 0 Å². The van der Waals surface area contributed by atoms with E-state index in [1.54, 1.807) is 0 Å². The third-order valence-electron chi connectivity index (χ3n) is 3.02. The van der Waals surface area contributed by atoms with Gasteiger partial charge in [0.15, 0.2) is 0 Å². The maximum atomic E-state index is 8.94. The minimum atomic E-state index is -1.49. The number of hydrogen-bond acceptors (Lipinski definition) is 5. The number of rotatable bonds is 2. The highest BCUT2D eigenvalue weighted by atomic mass is 16.4. The number of hydrogen-bond donors (Lipinski definition) is 2. The summed E-state index contributed by atoms with van der Waals surface area (Å²) in [5, 5.41) is 17.9. The van der Waals surface area contributed by atoms with Crippen LogP contribution in [0.25, 0.3) is 0 Å². The Hall–Kier alpha value is -1.14. The molecule has 6 heteroatoms. The zero-order valence-electron chi connectivity index (χ0n) is 9.37. The van der Waals surface area contributed by atoms with Gasteiger partial charge >= 0.3 is 7.12 Å². The lowest BCUT2D eigenvalue weighted by atomic mass is 9.83. The second-order valence-electron chi connectivity index (χ2n) is 4.23. The van der Waals surface area contributed by atoms with Crippen molar-refractivity contribution in [3.8, 4) is 0 Å². The first-order valence-electron chi connectivity index (χ1n) is 5.63. The van der Waals surface area contributed by atoms with Gasteiger partial charge in [-0.25, -0.2) is 9.97 Å². The smallest absolute Gasteiger partial charge is 0.423 e. The first-order chi connectivity index (χ1) is 7.68. The largest absolute Gasteiger partial charge is 0.491 e. The number of aromatic nitrogens is 2. The van der Waals surface area contributed by atoms with Crippen molar-refractivity contribution in [3.63, 3.8) is 0 Å². The van der Waals surface area contributed by atoms with Gasteiger partial charge in [0.1, 0.15) is 0 Å².